The molecule has 0 aliphatic heterocycles. The molecule has 2 fully saturated rings. The molecule has 2 saturated carbocycles. The van der Waals surface area contributed by atoms with Gasteiger partial charge in [-0.1, -0.05) is 77.7 Å². The predicted molar refractivity (Wildman–Crippen MR) is 128 cm³/mol. The number of hydrogen-bond donors (Lipinski definition) is 3. The summed E-state index contributed by atoms with van der Waals surface area (Å²) in [6, 6.07) is 1.25. The maximum absolute atomic E-state index is 10.3. The second-order valence-corrected chi connectivity index (χ2v) is 9.66. The number of ether oxygens (including phenoxy) is 1. The molecule has 176 valence electrons. The molecule has 4 nitrogen and oxygen atoms in total. The third-order valence-electron chi connectivity index (χ3n) is 6.13. The zero-order chi connectivity index (χ0) is 22.5. The van der Waals surface area contributed by atoms with Crippen molar-refractivity contribution < 1.29 is 14.9 Å². The van der Waals surface area contributed by atoms with Crippen LogP contribution in [0.15, 0.2) is 23.8 Å². The maximum atomic E-state index is 10.3. The van der Waals surface area contributed by atoms with Gasteiger partial charge in [0.1, 0.15) is 0 Å². The molecule has 2 aliphatic rings. The summed E-state index contributed by atoms with van der Waals surface area (Å²) in [6.07, 6.45) is 13.0. The smallest absolute Gasteiger partial charge is 0.0721 e. The van der Waals surface area contributed by atoms with Crippen LogP contribution in [0.3, 0.4) is 0 Å². The topological polar surface area (TPSA) is 61.7 Å². The van der Waals surface area contributed by atoms with Crippen LogP contribution in [0.25, 0.3) is 0 Å². The second kappa shape index (κ2) is 15.2. The van der Waals surface area contributed by atoms with E-state index in [1.807, 2.05) is 13.0 Å². The Bertz CT molecular complexity index is 495. The Morgan fingerprint density at radius 1 is 1.10 bits per heavy atom. The summed E-state index contributed by atoms with van der Waals surface area (Å²) in [6.45, 7) is 14.3. The van der Waals surface area contributed by atoms with Gasteiger partial charge in [-0.25, -0.2) is 0 Å². The second-order valence-electron chi connectivity index (χ2n) is 9.66. The van der Waals surface area contributed by atoms with Crippen molar-refractivity contribution in [3.05, 3.63) is 23.8 Å². The van der Waals surface area contributed by atoms with Gasteiger partial charge in [0, 0.05) is 24.6 Å². The summed E-state index contributed by atoms with van der Waals surface area (Å²) in [5, 5.41) is 23.7. The van der Waals surface area contributed by atoms with Crippen LogP contribution in [0.5, 0.6) is 0 Å². The zero-order valence-corrected chi connectivity index (χ0v) is 20.4. The van der Waals surface area contributed by atoms with Gasteiger partial charge in [0.25, 0.3) is 0 Å². The van der Waals surface area contributed by atoms with E-state index in [9.17, 15) is 10.2 Å². The summed E-state index contributed by atoms with van der Waals surface area (Å²) in [4.78, 5) is 0. The summed E-state index contributed by atoms with van der Waals surface area (Å²) in [5.41, 5.74) is 1.49. The van der Waals surface area contributed by atoms with E-state index in [2.05, 4.69) is 52.1 Å². The van der Waals surface area contributed by atoms with Crippen molar-refractivity contribution in [3.63, 3.8) is 0 Å². The molecule has 0 aromatic heterocycles. The molecule has 0 aromatic carbocycles. The number of hydrogen-bond acceptors (Lipinski definition) is 4. The fourth-order valence-corrected chi connectivity index (χ4v) is 4.86. The predicted octanol–water partition coefficient (Wildman–Crippen LogP) is 5.25. The Morgan fingerprint density at radius 3 is 2.37 bits per heavy atom. The lowest BCUT2D eigenvalue weighted by molar-refractivity contribution is 0.139. The van der Waals surface area contributed by atoms with E-state index in [1.54, 1.807) is 0 Å². The normalized spacial score (nSPS) is 28.4. The molecule has 2 aliphatic carbocycles. The summed E-state index contributed by atoms with van der Waals surface area (Å²) >= 11 is 0. The highest BCUT2D eigenvalue weighted by Crippen LogP contribution is 2.50. The third kappa shape index (κ3) is 10.6. The molecule has 0 spiro atoms. The van der Waals surface area contributed by atoms with Crippen molar-refractivity contribution in [1.82, 2.24) is 5.32 Å². The number of nitrogens with one attached hydrogen (secondary N) is 1. The van der Waals surface area contributed by atoms with Crippen LogP contribution in [0.4, 0.5) is 0 Å². The first-order valence-electron chi connectivity index (χ1n) is 12.3. The number of aliphatic hydroxyl groups excluding tert-OH is 2. The van der Waals surface area contributed by atoms with Crippen LogP contribution in [-0.2, 0) is 4.74 Å². The minimum atomic E-state index is -0.359. The minimum Gasteiger partial charge on any atom is -0.392 e. The van der Waals surface area contributed by atoms with Gasteiger partial charge >= 0.3 is 0 Å². The van der Waals surface area contributed by atoms with Crippen molar-refractivity contribution in [2.45, 2.75) is 111 Å². The van der Waals surface area contributed by atoms with Crippen molar-refractivity contribution in [1.29, 1.82) is 0 Å². The van der Waals surface area contributed by atoms with Crippen LogP contribution in [-0.4, -0.2) is 47.7 Å². The molecular weight excluding hydrogens is 374 g/mol. The number of allylic oxidation sites excluding steroid dienone is 1. The molecular formula is C26H49NO3. The lowest BCUT2D eigenvalue weighted by Crippen LogP contribution is -2.29. The van der Waals surface area contributed by atoms with Crippen molar-refractivity contribution in [3.8, 4) is 0 Å². The van der Waals surface area contributed by atoms with Gasteiger partial charge in [-0.15, -0.1) is 0 Å². The molecule has 30 heavy (non-hydrogen) atoms. The van der Waals surface area contributed by atoms with Gasteiger partial charge in [-0.05, 0) is 44.4 Å². The average Bonchev–Trinajstić information content (AvgIpc) is 3.16. The largest absolute Gasteiger partial charge is 0.392 e. The van der Waals surface area contributed by atoms with E-state index in [4.69, 9.17) is 4.74 Å². The van der Waals surface area contributed by atoms with E-state index >= 15 is 0 Å². The first kappa shape index (κ1) is 27.4. The zero-order valence-electron chi connectivity index (χ0n) is 20.4. The number of rotatable bonds is 11. The van der Waals surface area contributed by atoms with E-state index in [1.165, 1.54) is 18.4 Å². The highest BCUT2D eigenvalue weighted by atomic mass is 16.5. The Hall–Kier alpha value is -0.680. The standard InChI is InChI=1S/C20H34O3.C6H15N/c1-3-5-6-7-17(21)8-9-18-19-13-15(10-11-23-4-2)12-16(19)14-20(18)22;1-5(2)7-6(3)4/h8-10,16-22H,3-7,11-14H2,1-2H3;5-7H,1-4H3/t16-,17-,18+,19-,20+;/m0./s1. The lowest BCUT2D eigenvalue weighted by Gasteiger charge is -2.17. The Labute approximate surface area is 186 Å². The molecule has 0 bridgehead atoms. The van der Waals surface area contributed by atoms with Crippen LogP contribution < -0.4 is 5.32 Å². The summed E-state index contributed by atoms with van der Waals surface area (Å²) in [5.74, 6) is 1.35. The average molecular weight is 424 g/mol. The van der Waals surface area contributed by atoms with E-state index in [-0.39, 0.29) is 18.1 Å². The molecule has 0 unspecified atom stereocenters. The Kier molecular flexibility index (Phi) is 13.8. The van der Waals surface area contributed by atoms with Crippen LogP contribution in [0.2, 0.25) is 0 Å². The van der Waals surface area contributed by atoms with Crippen LogP contribution in [0, 0.1) is 17.8 Å². The van der Waals surface area contributed by atoms with Gasteiger partial charge in [0.05, 0.1) is 18.8 Å². The first-order chi connectivity index (χ1) is 14.3. The minimum absolute atomic E-state index is 0.207. The third-order valence-corrected chi connectivity index (χ3v) is 6.13. The van der Waals surface area contributed by atoms with Gasteiger partial charge in [0.15, 0.2) is 0 Å². The van der Waals surface area contributed by atoms with Gasteiger partial charge in [0.2, 0.25) is 0 Å². The van der Waals surface area contributed by atoms with Crippen molar-refractivity contribution >= 4 is 0 Å². The number of fused-ring (bicyclic) bond motifs is 1. The van der Waals surface area contributed by atoms with Crippen molar-refractivity contribution in [2.24, 2.45) is 17.8 Å². The highest BCUT2D eigenvalue weighted by Gasteiger charge is 2.44. The molecule has 0 heterocycles. The number of unbranched alkanes of at least 4 members (excludes halogenated alkanes) is 2. The van der Waals surface area contributed by atoms with Gasteiger partial charge < -0.3 is 20.3 Å². The molecule has 0 radical (unpaired) electrons. The van der Waals surface area contributed by atoms with Gasteiger partial charge in [-0.2, -0.15) is 0 Å². The molecule has 3 N–H and O–H groups in total. The van der Waals surface area contributed by atoms with Crippen molar-refractivity contribution in [2.75, 3.05) is 13.2 Å². The highest BCUT2D eigenvalue weighted by molar-refractivity contribution is 5.18. The van der Waals surface area contributed by atoms with E-state index in [0.717, 1.165) is 38.7 Å². The Morgan fingerprint density at radius 2 is 1.80 bits per heavy atom. The monoisotopic (exact) mass is 423 g/mol. The molecule has 0 saturated heterocycles. The lowest BCUT2D eigenvalue weighted by atomic mass is 9.90. The SMILES string of the molecule is CC(C)NC(C)C.CCCCC[C@H](O)C=C[C@@H]1[C@H]2CC(=CCOCC)C[C@H]2C[C@H]1O. The number of aliphatic hydroxyl groups is 2. The van der Waals surface area contributed by atoms with Crippen LogP contribution >= 0.6 is 0 Å². The maximum Gasteiger partial charge on any atom is 0.0721 e. The fourth-order valence-electron chi connectivity index (χ4n) is 4.86. The fraction of sp³-hybridized carbons (Fsp3) is 0.846. The molecule has 5 atom stereocenters. The summed E-state index contributed by atoms with van der Waals surface area (Å²) < 4.78 is 5.42. The molecule has 4 heteroatoms. The Balaban J connectivity index is 0.000000553. The van der Waals surface area contributed by atoms with Crippen LogP contribution in [0.1, 0.15) is 86.5 Å². The van der Waals surface area contributed by atoms with E-state index < -0.39 is 0 Å². The van der Waals surface area contributed by atoms with Gasteiger partial charge in [-0.3, -0.25) is 0 Å². The quantitative estimate of drug-likeness (QED) is 0.314. The summed E-state index contributed by atoms with van der Waals surface area (Å²) in [7, 11) is 0. The van der Waals surface area contributed by atoms with E-state index in [0.29, 0.717) is 30.5 Å². The molecule has 2 rings (SSSR count). The molecule has 0 amide bonds. The first-order valence-corrected chi connectivity index (χ1v) is 12.3. The molecule has 0 aromatic rings.